The van der Waals surface area contributed by atoms with Gasteiger partial charge in [-0.3, -0.25) is 8.78 Å². The van der Waals surface area contributed by atoms with E-state index in [-0.39, 0.29) is 25.0 Å². The fraction of sp³-hybridized carbons (Fsp3) is 0.308. The number of hydrogen-bond donors (Lipinski definition) is 1. The first-order valence-electron chi connectivity index (χ1n) is 5.50. The average Bonchev–Trinajstić information content (AvgIpc) is 2.83. The molecule has 18 heavy (non-hydrogen) atoms. The van der Waals surface area contributed by atoms with Crippen LogP contribution in [-0.4, -0.2) is 13.2 Å². The van der Waals surface area contributed by atoms with Crippen LogP contribution in [0.15, 0.2) is 34.9 Å². The molecule has 0 saturated heterocycles. The van der Waals surface area contributed by atoms with Gasteiger partial charge in [-0.1, -0.05) is 13.0 Å². The van der Waals surface area contributed by atoms with Crippen molar-refractivity contribution >= 4 is 11.0 Å². The molecule has 0 spiro atoms. The van der Waals surface area contributed by atoms with Crippen LogP contribution >= 0.6 is 0 Å². The van der Waals surface area contributed by atoms with Crippen molar-refractivity contribution in [2.75, 3.05) is 13.2 Å². The van der Waals surface area contributed by atoms with Gasteiger partial charge in [-0.25, -0.2) is 6.54 Å². The molecule has 2 nitrogen and oxygen atoms in total. The fourth-order valence-corrected chi connectivity index (χ4v) is 1.69. The smallest absolute Gasteiger partial charge is 0.467 e. The Kier molecular flexibility index (Phi) is 5.42. The molecule has 2 rings (SSSR count). The molecule has 1 unspecified atom stereocenters. The molecule has 0 aliphatic heterocycles. The number of furan rings is 1. The van der Waals surface area contributed by atoms with Gasteiger partial charge < -0.3 is 9.73 Å². The molecule has 0 saturated carbocycles. The zero-order chi connectivity index (χ0) is 12.3. The minimum Gasteiger partial charge on any atom is -0.467 e. The van der Waals surface area contributed by atoms with Crippen LogP contribution in [0, 0.1) is 6.54 Å². The molecular weight excluding hydrogens is 325 g/mol. The Hall–Kier alpha value is -0.797. The topological polar surface area (TPSA) is 25.2 Å². The number of fused-ring (bicyclic) bond motifs is 1. The van der Waals surface area contributed by atoms with E-state index in [1.54, 1.807) is 24.3 Å². The third kappa shape index (κ3) is 2.96. The standard InChI is InChI=1S/C13H14F2NO.Ru/c1-2-16-9-13(15,8-14)11-3-4-12-10(7-11)5-6-17-12;/h3-7,9,16H,2,8H2,1H3;/q-1;+1. The Balaban J connectivity index is 0.00000162. The van der Waals surface area contributed by atoms with E-state index >= 15 is 0 Å². The molecular formula is C13H14F2NORu. The van der Waals surface area contributed by atoms with E-state index in [1.807, 2.05) is 6.92 Å². The minimum absolute atomic E-state index is 0. The maximum absolute atomic E-state index is 14.4. The summed E-state index contributed by atoms with van der Waals surface area (Å²) in [6.45, 7) is 2.45. The van der Waals surface area contributed by atoms with Gasteiger partial charge in [0.25, 0.3) is 0 Å². The van der Waals surface area contributed by atoms with Crippen molar-refractivity contribution in [3.05, 3.63) is 42.6 Å². The van der Waals surface area contributed by atoms with Gasteiger partial charge in [-0.05, 0) is 30.3 Å². The van der Waals surface area contributed by atoms with Crippen molar-refractivity contribution < 1.29 is 32.7 Å². The molecule has 1 atom stereocenters. The fourth-order valence-electron chi connectivity index (χ4n) is 1.69. The second kappa shape index (κ2) is 6.39. The van der Waals surface area contributed by atoms with E-state index in [0.29, 0.717) is 12.1 Å². The first-order chi connectivity index (χ1) is 8.19. The Morgan fingerprint density at radius 1 is 1.39 bits per heavy atom. The number of alkyl halides is 2. The van der Waals surface area contributed by atoms with Crippen LogP contribution in [0.3, 0.4) is 0 Å². The molecule has 5 heteroatoms. The molecule has 1 radical (unpaired) electrons. The van der Waals surface area contributed by atoms with Crippen LogP contribution in [-0.2, 0) is 25.1 Å². The Morgan fingerprint density at radius 3 is 2.83 bits per heavy atom. The van der Waals surface area contributed by atoms with Gasteiger partial charge in [-0.2, -0.15) is 0 Å². The zero-order valence-electron chi connectivity index (χ0n) is 9.90. The van der Waals surface area contributed by atoms with E-state index in [1.165, 1.54) is 6.26 Å². The molecule has 0 aliphatic carbocycles. The summed E-state index contributed by atoms with van der Waals surface area (Å²) in [5, 5.41) is 3.48. The number of likely N-dealkylation sites (N-methyl/N-ethyl adjacent to an activating group) is 1. The van der Waals surface area contributed by atoms with Gasteiger partial charge >= 0.3 is 19.5 Å². The summed E-state index contributed by atoms with van der Waals surface area (Å²) in [5.74, 6) is 0. The summed E-state index contributed by atoms with van der Waals surface area (Å²) in [4.78, 5) is 0. The largest absolute Gasteiger partial charge is 1.00 e. The number of halogens is 2. The predicted octanol–water partition coefficient (Wildman–Crippen LogP) is 3.34. The number of hydrogen-bond acceptors (Lipinski definition) is 2. The van der Waals surface area contributed by atoms with E-state index < -0.39 is 12.3 Å². The van der Waals surface area contributed by atoms with Crippen molar-refractivity contribution in [2.24, 2.45) is 0 Å². The van der Waals surface area contributed by atoms with E-state index in [0.717, 1.165) is 11.9 Å². The SMILES string of the molecule is CCN[CH-]C(F)(CF)c1ccc2occc2c1.[Ru+]. The van der Waals surface area contributed by atoms with Gasteiger partial charge in [0.15, 0.2) is 0 Å². The second-order valence-corrected chi connectivity index (χ2v) is 3.87. The number of rotatable bonds is 5. The summed E-state index contributed by atoms with van der Waals surface area (Å²) in [5.41, 5.74) is -1.14. The molecule has 1 N–H and O–H groups in total. The summed E-state index contributed by atoms with van der Waals surface area (Å²) < 4.78 is 32.4. The molecule has 0 fully saturated rings. The van der Waals surface area contributed by atoms with Crippen LogP contribution in [0.25, 0.3) is 11.0 Å². The molecule has 0 bridgehead atoms. The molecule has 99 valence electrons. The van der Waals surface area contributed by atoms with Crippen molar-refractivity contribution in [3.63, 3.8) is 0 Å². The van der Waals surface area contributed by atoms with Crippen molar-refractivity contribution in [2.45, 2.75) is 12.6 Å². The Morgan fingerprint density at radius 2 is 2.17 bits per heavy atom. The van der Waals surface area contributed by atoms with Gasteiger partial charge in [0.1, 0.15) is 12.3 Å². The molecule has 1 aromatic heterocycles. The Bertz CT molecular complexity index is 502. The summed E-state index contributed by atoms with van der Waals surface area (Å²) in [6, 6.07) is 6.52. The van der Waals surface area contributed by atoms with Crippen molar-refractivity contribution in [3.8, 4) is 0 Å². The van der Waals surface area contributed by atoms with Crippen molar-refractivity contribution in [1.29, 1.82) is 0 Å². The number of nitrogens with one attached hydrogen (secondary N) is 1. The van der Waals surface area contributed by atoms with Gasteiger partial charge in [-0.15, -0.1) is 0 Å². The zero-order valence-corrected chi connectivity index (χ0v) is 11.6. The van der Waals surface area contributed by atoms with E-state index in [9.17, 15) is 8.78 Å². The molecule has 0 aliphatic rings. The van der Waals surface area contributed by atoms with Gasteiger partial charge in [0, 0.05) is 5.39 Å². The summed E-state index contributed by atoms with van der Waals surface area (Å²) >= 11 is 0. The van der Waals surface area contributed by atoms with Crippen molar-refractivity contribution in [1.82, 2.24) is 5.32 Å². The van der Waals surface area contributed by atoms with E-state index in [2.05, 4.69) is 5.32 Å². The Labute approximate surface area is 117 Å². The summed E-state index contributed by atoms with van der Waals surface area (Å²) in [7, 11) is 0. The molecule has 1 aromatic carbocycles. The average molecular weight is 339 g/mol. The molecule has 2 aromatic rings. The first-order valence-corrected chi connectivity index (χ1v) is 5.50. The quantitative estimate of drug-likeness (QED) is 0.668. The van der Waals surface area contributed by atoms with Gasteiger partial charge in [0.05, 0.1) is 11.9 Å². The van der Waals surface area contributed by atoms with Crippen LogP contribution in [0.5, 0.6) is 0 Å². The van der Waals surface area contributed by atoms with Gasteiger partial charge in [0.2, 0.25) is 0 Å². The normalized spacial score (nSPS) is 14.2. The minimum atomic E-state index is -2.10. The van der Waals surface area contributed by atoms with Crippen LogP contribution < -0.4 is 5.32 Å². The number of benzene rings is 1. The van der Waals surface area contributed by atoms with Crippen LogP contribution in [0.4, 0.5) is 8.78 Å². The van der Waals surface area contributed by atoms with Crippen LogP contribution in [0.1, 0.15) is 12.5 Å². The molecule has 1 heterocycles. The maximum atomic E-state index is 14.4. The first kappa shape index (κ1) is 15.3. The summed E-state index contributed by atoms with van der Waals surface area (Å²) in [6.07, 6.45) is 1.53. The van der Waals surface area contributed by atoms with E-state index in [4.69, 9.17) is 4.42 Å². The maximum Gasteiger partial charge on any atom is 1.00 e. The third-order valence-corrected chi connectivity index (χ3v) is 2.66. The predicted molar refractivity (Wildman–Crippen MR) is 63.0 cm³/mol. The third-order valence-electron chi connectivity index (χ3n) is 2.66. The molecule has 0 amide bonds. The van der Waals surface area contributed by atoms with Crippen LogP contribution in [0.2, 0.25) is 0 Å². The monoisotopic (exact) mass is 340 g/mol. The second-order valence-electron chi connectivity index (χ2n) is 3.87.